The highest BCUT2D eigenvalue weighted by Crippen LogP contribution is 2.49. The molecule has 1 saturated carbocycles. The number of hydrogen-bond acceptors (Lipinski definition) is 7. The third-order valence-electron chi connectivity index (χ3n) is 8.13. The Hall–Kier alpha value is -3.18. The maximum atomic E-state index is 13.5. The van der Waals surface area contributed by atoms with Gasteiger partial charge in [-0.3, -0.25) is 9.78 Å². The molecule has 224 valence electrons. The highest BCUT2D eigenvalue weighted by Gasteiger charge is 2.53. The quantitative estimate of drug-likeness (QED) is 0.246. The summed E-state index contributed by atoms with van der Waals surface area (Å²) >= 11 is 0. The molecule has 41 heavy (non-hydrogen) atoms. The van der Waals surface area contributed by atoms with Gasteiger partial charge in [-0.25, -0.2) is 18.6 Å². The van der Waals surface area contributed by atoms with E-state index in [4.69, 9.17) is 9.72 Å². The van der Waals surface area contributed by atoms with E-state index in [9.17, 15) is 23.5 Å². The number of aryl methyl sites for hydroxylation is 2. The van der Waals surface area contributed by atoms with E-state index < -0.39 is 42.8 Å². The van der Waals surface area contributed by atoms with Gasteiger partial charge in [0.05, 0.1) is 17.2 Å². The molecule has 2 aliphatic rings. The topological polar surface area (TPSA) is 117 Å². The van der Waals surface area contributed by atoms with Crippen LogP contribution in [0.25, 0.3) is 0 Å². The van der Waals surface area contributed by atoms with Crippen LogP contribution in [0, 0.1) is 0 Å². The molecule has 9 nitrogen and oxygen atoms in total. The molecule has 2 atom stereocenters. The van der Waals surface area contributed by atoms with E-state index in [0.717, 1.165) is 50.2 Å². The summed E-state index contributed by atoms with van der Waals surface area (Å²) in [5, 5.41) is 15.9. The molecule has 3 N–H and O–H groups in total. The van der Waals surface area contributed by atoms with Crippen molar-refractivity contribution in [1.82, 2.24) is 20.2 Å². The fraction of sp³-hybridized carbons (Fsp3) is 0.600. The van der Waals surface area contributed by atoms with E-state index in [1.807, 2.05) is 4.90 Å². The molecule has 1 fully saturated rings. The van der Waals surface area contributed by atoms with Gasteiger partial charge >= 0.3 is 5.97 Å². The third-order valence-corrected chi connectivity index (χ3v) is 8.13. The van der Waals surface area contributed by atoms with Gasteiger partial charge in [0, 0.05) is 38.6 Å². The van der Waals surface area contributed by atoms with Crippen LogP contribution in [0.1, 0.15) is 61.0 Å². The summed E-state index contributed by atoms with van der Waals surface area (Å²) in [7, 11) is 1.46. The minimum absolute atomic E-state index is 0.140. The Kier molecular flexibility index (Phi) is 11.0. The number of nitrogens with one attached hydrogen (secondary N) is 2. The minimum Gasteiger partial charge on any atom is -0.480 e. The van der Waals surface area contributed by atoms with Crippen LogP contribution in [0.3, 0.4) is 0 Å². The zero-order chi connectivity index (χ0) is 29.2. The fourth-order valence-electron chi connectivity index (χ4n) is 5.51. The van der Waals surface area contributed by atoms with Crippen molar-refractivity contribution in [3.63, 3.8) is 0 Å². The standard InChI is InChI=1S/C30H41F2N5O4/c1-41-23(18-31)20-37(16-3-2-7-22-10-9-21-6-4-15-34-27(21)35-22)17-11-25(28(38)39)36-29(40)30(12-13-30)24-8-5-14-33-26(24)19-32/h5,8-10,14,23,25H,2-4,6-7,11-13,15-20H2,1H3,(H,34,35)(H,36,40)(H,38,39)/t23-,25+/m1/s1. The Labute approximate surface area is 240 Å². The predicted molar refractivity (Wildman–Crippen MR) is 151 cm³/mol. The van der Waals surface area contributed by atoms with Gasteiger partial charge in [-0.15, -0.1) is 0 Å². The van der Waals surface area contributed by atoms with E-state index in [0.29, 0.717) is 38.0 Å². The molecule has 3 heterocycles. The molecule has 2 aromatic heterocycles. The minimum atomic E-state index is -1.15. The van der Waals surface area contributed by atoms with Crippen molar-refractivity contribution in [2.24, 2.45) is 0 Å². The van der Waals surface area contributed by atoms with Gasteiger partial charge in [-0.1, -0.05) is 12.1 Å². The Bertz CT molecular complexity index is 1180. The molecule has 0 saturated heterocycles. The largest absolute Gasteiger partial charge is 0.480 e. The molecule has 2 aromatic rings. The molecule has 1 amide bonds. The summed E-state index contributed by atoms with van der Waals surface area (Å²) in [6.45, 7) is 0.777. The van der Waals surface area contributed by atoms with Gasteiger partial charge < -0.3 is 25.4 Å². The number of aromatic nitrogens is 2. The van der Waals surface area contributed by atoms with Gasteiger partial charge in [0.15, 0.2) is 0 Å². The van der Waals surface area contributed by atoms with E-state index in [-0.39, 0.29) is 12.1 Å². The number of carbonyl (C=O) groups is 2. The van der Waals surface area contributed by atoms with Crippen molar-refractivity contribution >= 4 is 17.7 Å². The average Bonchev–Trinajstić information content (AvgIpc) is 3.81. The number of pyridine rings is 2. The average molecular weight is 574 g/mol. The zero-order valence-electron chi connectivity index (χ0n) is 23.7. The lowest BCUT2D eigenvalue weighted by atomic mass is 9.93. The molecule has 0 aromatic carbocycles. The molecular formula is C30H41F2N5O4. The normalized spacial score (nSPS) is 16.9. The number of amides is 1. The molecule has 1 aliphatic heterocycles. The smallest absolute Gasteiger partial charge is 0.326 e. The fourth-order valence-corrected chi connectivity index (χ4v) is 5.51. The van der Waals surface area contributed by atoms with Crippen LogP contribution >= 0.6 is 0 Å². The van der Waals surface area contributed by atoms with Gasteiger partial charge in [-0.05, 0) is 81.2 Å². The Balaban J connectivity index is 1.33. The Morgan fingerprint density at radius 2 is 2.05 bits per heavy atom. The lowest BCUT2D eigenvalue weighted by Crippen LogP contribution is -2.48. The highest BCUT2D eigenvalue weighted by atomic mass is 19.1. The molecule has 11 heteroatoms. The first kappa shape index (κ1) is 30.8. The second-order valence-electron chi connectivity index (χ2n) is 11.0. The number of carboxylic acid groups (broad SMARTS) is 1. The second kappa shape index (κ2) is 14.6. The van der Waals surface area contributed by atoms with Crippen LogP contribution in [0.5, 0.6) is 0 Å². The van der Waals surface area contributed by atoms with Crippen LogP contribution in [0.2, 0.25) is 0 Å². The van der Waals surface area contributed by atoms with Crippen molar-refractivity contribution in [1.29, 1.82) is 0 Å². The molecule has 1 aliphatic carbocycles. The van der Waals surface area contributed by atoms with Crippen LogP contribution < -0.4 is 10.6 Å². The van der Waals surface area contributed by atoms with Gasteiger partial charge in [0.1, 0.15) is 25.2 Å². The molecule has 0 bridgehead atoms. The lowest BCUT2D eigenvalue weighted by Gasteiger charge is -2.27. The molecule has 0 spiro atoms. The Morgan fingerprint density at radius 3 is 2.76 bits per heavy atom. The van der Waals surface area contributed by atoms with Crippen molar-refractivity contribution in [2.45, 2.75) is 75.6 Å². The summed E-state index contributed by atoms with van der Waals surface area (Å²) < 4.78 is 32.2. The van der Waals surface area contributed by atoms with Crippen LogP contribution in [0.4, 0.5) is 14.6 Å². The summed E-state index contributed by atoms with van der Waals surface area (Å²) in [5.41, 5.74) is 2.05. The van der Waals surface area contributed by atoms with Crippen LogP contribution in [0.15, 0.2) is 30.5 Å². The molecule has 0 radical (unpaired) electrons. The van der Waals surface area contributed by atoms with E-state index in [1.54, 1.807) is 12.1 Å². The van der Waals surface area contributed by atoms with Crippen LogP contribution in [-0.2, 0) is 39.3 Å². The van der Waals surface area contributed by atoms with E-state index in [2.05, 4.69) is 27.8 Å². The number of hydrogen-bond donors (Lipinski definition) is 3. The Morgan fingerprint density at radius 1 is 1.22 bits per heavy atom. The maximum Gasteiger partial charge on any atom is 0.326 e. The predicted octanol–water partition coefficient (Wildman–Crippen LogP) is 3.60. The van der Waals surface area contributed by atoms with Crippen molar-refractivity contribution in [3.8, 4) is 0 Å². The number of rotatable bonds is 17. The van der Waals surface area contributed by atoms with Crippen molar-refractivity contribution in [2.75, 3.05) is 45.3 Å². The first-order valence-corrected chi connectivity index (χ1v) is 14.5. The number of aliphatic carboxylic acids is 1. The number of nitrogens with zero attached hydrogens (tertiary/aromatic N) is 3. The van der Waals surface area contributed by atoms with E-state index in [1.165, 1.54) is 18.9 Å². The molecule has 4 rings (SSSR count). The highest BCUT2D eigenvalue weighted by molar-refractivity contribution is 5.94. The first-order valence-electron chi connectivity index (χ1n) is 14.5. The number of methoxy groups -OCH3 is 1. The summed E-state index contributed by atoms with van der Waals surface area (Å²) in [6.07, 6.45) is 6.67. The number of ether oxygens (including phenoxy) is 1. The number of unbranched alkanes of at least 4 members (excludes halogenated alkanes) is 1. The van der Waals surface area contributed by atoms with Gasteiger partial charge in [0.25, 0.3) is 0 Å². The van der Waals surface area contributed by atoms with Crippen molar-refractivity contribution in [3.05, 3.63) is 53.0 Å². The first-order chi connectivity index (χ1) is 19.9. The van der Waals surface area contributed by atoms with Crippen molar-refractivity contribution < 1.29 is 28.2 Å². The van der Waals surface area contributed by atoms with Gasteiger partial charge in [0.2, 0.25) is 5.91 Å². The second-order valence-corrected chi connectivity index (χ2v) is 11.0. The SMILES string of the molecule is CO[C@H](CF)CN(CCCCc1ccc2c(n1)NCCC2)CC[C@H](NC(=O)C1(c2cccnc2CF)CC1)C(=O)O. The monoisotopic (exact) mass is 573 g/mol. The number of fused-ring (bicyclic) bond motifs is 1. The number of carbonyl (C=O) groups excluding carboxylic acids is 1. The van der Waals surface area contributed by atoms with Gasteiger partial charge in [-0.2, -0.15) is 0 Å². The summed E-state index contributed by atoms with van der Waals surface area (Å²) in [6, 6.07) is 6.42. The molecular weight excluding hydrogens is 532 g/mol. The number of alkyl halides is 2. The summed E-state index contributed by atoms with van der Waals surface area (Å²) in [4.78, 5) is 36.1. The lowest BCUT2D eigenvalue weighted by molar-refractivity contribution is -0.142. The zero-order valence-corrected chi connectivity index (χ0v) is 23.7. The maximum absolute atomic E-state index is 13.5. The van der Waals surface area contributed by atoms with E-state index >= 15 is 0 Å². The number of halogens is 2. The number of carboxylic acids is 1. The van der Waals surface area contributed by atoms with Crippen LogP contribution in [-0.4, -0.2) is 84.0 Å². The third kappa shape index (κ3) is 7.97. The summed E-state index contributed by atoms with van der Waals surface area (Å²) in [5.74, 6) is -0.600. The number of anilines is 1. The molecule has 0 unspecified atom stereocenters.